The number of amides is 2. The van der Waals surface area contributed by atoms with E-state index >= 15 is 0 Å². The largest absolute Gasteiger partial charge is 0.493 e. The number of nitrogens with one attached hydrogen (secondary N) is 2. The summed E-state index contributed by atoms with van der Waals surface area (Å²) in [4.78, 5) is 23.6. The maximum atomic E-state index is 11.9. The zero-order chi connectivity index (χ0) is 18.9. The van der Waals surface area contributed by atoms with Gasteiger partial charge in [-0.1, -0.05) is 11.6 Å². The smallest absolute Gasteiger partial charge is 0.269 e. The summed E-state index contributed by atoms with van der Waals surface area (Å²) in [7, 11) is 0. The summed E-state index contributed by atoms with van der Waals surface area (Å²) >= 11 is 5.88. The molecule has 7 heteroatoms. The molecule has 0 bridgehead atoms. The Hall–Kier alpha value is -3.04. The fraction of sp³-hybridized carbons (Fsp3) is 0.211. The number of hydrogen-bond donors (Lipinski definition) is 2. The zero-order valence-corrected chi connectivity index (χ0v) is 15.0. The van der Waals surface area contributed by atoms with Crippen molar-refractivity contribution in [3.05, 3.63) is 64.2 Å². The van der Waals surface area contributed by atoms with Gasteiger partial charge in [0.25, 0.3) is 5.91 Å². The highest BCUT2D eigenvalue weighted by atomic mass is 35.5. The van der Waals surface area contributed by atoms with Crippen molar-refractivity contribution in [2.45, 2.75) is 19.8 Å². The van der Waals surface area contributed by atoms with Gasteiger partial charge in [-0.3, -0.25) is 20.4 Å². The van der Waals surface area contributed by atoms with E-state index in [4.69, 9.17) is 21.6 Å². The van der Waals surface area contributed by atoms with E-state index in [0.29, 0.717) is 29.2 Å². The average molecular weight is 372 g/mol. The van der Waals surface area contributed by atoms with Gasteiger partial charge < -0.3 is 4.74 Å². The highest BCUT2D eigenvalue weighted by Crippen LogP contribution is 2.21. The molecule has 2 aromatic rings. The first-order valence-corrected chi connectivity index (χ1v) is 8.35. The number of rotatable bonds is 6. The van der Waals surface area contributed by atoms with E-state index in [2.05, 4.69) is 10.9 Å². The first-order valence-electron chi connectivity index (χ1n) is 7.98. The lowest BCUT2D eigenvalue weighted by Crippen LogP contribution is -2.41. The molecule has 0 unspecified atom stereocenters. The van der Waals surface area contributed by atoms with Crippen LogP contribution >= 0.6 is 11.6 Å². The number of ether oxygens (including phenoxy) is 1. The molecule has 26 heavy (non-hydrogen) atoms. The van der Waals surface area contributed by atoms with Crippen LogP contribution in [0.3, 0.4) is 0 Å². The van der Waals surface area contributed by atoms with Crippen molar-refractivity contribution in [1.82, 2.24) is 10.9 Å². The first-order chi connectivity index (χ1) is 12.5. The lowest BCUT2D eigenvalue weighted by Gasteiger charge is -2.10. The second-order valence-corrected chi connectivity index (χ2v) is 5.99. The van der Waals surface area contributed by atoms with E-state index < -0.39 is 5.91 Å². The van der Waals surface area contributed by atoms with Crippen LogP contribution in [0.4, 0.5) is 0 Å². The highest BCUT2D eigenvalue weighted by Gasteiger charge is 2.08. The van der Waals surface area contributed by atoms with Gasteiger partial charge in [0.05, 0.1) is 18.2 Å². The third kappa shape index (κ3) is 5.80. The fourth-order valence-electron chi connectivity index (χ4n) is 2.15. The molecule has 0 aliphatic carbocycles. The molecular formula is C19H18ClN3O3. The van der Waals surface area contributed by atoms with Gasteiger partial charge >= 0.3 is 0 Å². The second kappa shape index (κ2) is 9.44. The van der Waals surface area contributed by atoms with Crippen molar-refractivity contribution < 1.29 is 14.3 Å². The SMILES string of the molecule is Cc1cc(Cl)ccc1OCCCC(=O)NNC(=O)c1ccc(C#N)cc1. The van der Waals surface area contributed by atoms with Crippen molar-refractivity contribution in [2.75, 3.05) is 6.61 Å². The van der Waals surface area contributed by atoms with E-state index in [0.717, 1.165) is 11.3 Å². The van der Waals surface area contributed by atoms with E-state index in [9.17, 15) is 9.59 Å². The molecule has 6 nitrogen and oxygen atoms in total. The second-order valence-electron chi connectivity index (χ2n) is 5.55. The molecule has 134 valence electrons. The molecule has 0 aromatic heterocycles. The zero-order valence-electron chi connectivity index (χ0n) is 14.2. The van der Waals surface area contributed by atoms with Crippen LogP contribution in [0.2, 0.25) is 5.02 Å². The lowest BCUT2D eigenvalue weighted by molar-refractivity contribution is -0.122. The number of carbonyl (C=O) groups is 2. The predicted octanol–water partition coefficient (Wildman–Crippen LogP) is 3.14. The van der Waals surface area contributed by atoms with E-state index in [1.165, 1.54) is 24.3 Å². The minimum atomic E-state index is -0.448. The minimum absolute atomic E-state index is 0.209. The topological polar surface area (TPSA) is 91.2 Å². The Morgan fingerprint density at radius 1 is 1.15 bits per heavy atom. The minimum Gasteiger partial charge on any atom is -0.493 e. The lowest BCUT2D eigenvalue weighted by atomic mass is 10.1. The molecule has 2 N–H and O–H groups in total. The Balaban J connectivity index is 1.68. The number of nitriles is 1. The van der Waals surface area contributed by atoms with Crippen LogP contribution in [0.15, 0.2) is 42.5 Å². The van der Waals surface area contributed by atoms with Crippen LogP contribution in [0.25, 0.3) is 0 Å². The monoisotopic (exact) mass is 371 g/mol. The van der Waals surface area contributed by atoms with Crippen molar-refractivity contribution in [1.29, 1.82) is 5.26 Å². The number of benzene rings is 2. The molecule has 2 aromatic carbocycles. The highest BCUT2D eigenvalue weighted by molar-refractivity contribution is 6.30. The number of aryl methyl sites for hydroxylation is 1. The number of carbonyl (C=O) groups excluding carboxylic acids is 2. The number of hydrazine groups is 1. The third-order valence-corrected chi connectivity index (χ3v) is 3.77. The van der Waals surface area contributed by atoms with Crippen LogP contribution in [-0.4, -0.2) is 18.4 Å². The van der Waals surface area contributed by atoms with Crippen LogP contribution in [0.5, 0.6) is 5.75 Å². The third-order valence-electron chi connectivity index (χ3n) is 3.53. The van der Waals surface area contributed by atoms with Gasteiger partial charge in [-0.25, -0.2) is 0 Å². The Labute approximate surface area is 156 Å². The Bertz CT molecular complexity index is 829. The molecule has 0 aliphatic heterocycles. The summed E-state index contributed by atoms with van der Waals surface area (Å²) in [5, 5.41) is 9.37. The normalized spacial score (nSPS) is 9.88. The summed E-state index contributed by atoms with van der Waals surface area (Å²) < 4.78 is 5.61. The van der Waals surface area contributed by atoms with Crippen molar-refractivity contribution in [3.63, 3.8) is 0 Å². The molecule has 0 saturated carbocycles. The van der Waals surface area contributed by atoms with Crippen molar-refractivity contribution in [2.24, 2.45) is 0 Å². The fourth-order valence-corrected chi connectivity index (χ4v) is 2.37. The van der Waals surface area contributed by atoms with Gasteiger partial charge in [0.1, 0.15) is 5.75 Å². The molecule has 0 fully saturated rings. The van der Waals surface area contributed by atoms with Gasteiger partial charge in [-0.15, -0.1) is 0 Å². The molecule has 0 radical (unpaired) electrons. The quantitative estimate of drug-likeness (QED) is 0.602. The molecule has 2 amide bonds. The summed E-state index contributed by atoms with van der Waals surface area (Å²) in [6.07, 6.45) is 0.709. The van der Waals surface area contributed by atoms with Crippen molar-refractivity contribution in [3.8, 4) is 11.8 Å². The number of hydrogen-bond acceptors (Lipinski definition) is 4. The maximum Gasteiger partial charge on any atom is 0.269 e. The Kier molecular flexibility index (Phi) is 7.01. The molecule has 0 saturated heterocycles. The summed E-state index contributed by atoms with van der Waals surface area (Å²) in [5.74, 6) is -0.0387. The van der Waals surface area contributed by atoms with Crippen LogP contribution < -0.4 is 15.6 Å². The molecule has 0 aliphatic rings. The predicted molar refractivity (Wildman–Crippen MR) is 97.7 cm³/mol. The summed E-state index contributed by atoms with van der Waals surface area (Å²) in [5.41, 5.74) is 6.42. The van der Waals surface area contributed by atoms with E-state index in [1.807, 2.05) is 19.1 Å². The van der Waals surface area contributed by atoms with Crippen LogP contribution in [0.1, 0.15) is 34.3 Å². The van der Waals surface area contributed by atoms with Crippen LogP contribution in [-0.2, 0) is 4.79 Å². The summed E-state index contributed by atoms with van der Waals surface area (Å²) in [6.45, 7) is 2.27. The van der Waals surface area contributed by atoms with E-state index in [-0.39, 0.29) is 12.3 Å². The average Bonchev–Trinajstić information content (AvgIpc) is 2.64. The standard InChI is InChI=1S/C19H18ClN3O3/c1-13-11-16(20)8-9-17(13)26-10-2-3-18(24)22-23-19(25)15-6-4-14(12-21)5-7-15/h4-9,11H,2-3,10H2,1H3,(H,22,24)(H,23,25). The Morgan fingerprint density at radius 3 is 2.54 bits per heavy atom. The van der Waals surface area contributed by atoms with Gasteiger partial charge in [0, 0.05) is 17.0 Å². The maximum absolute atomic E-state index is 11.9. The van der Waals surface area contributed by atoms with Crippen LogP contribution in [0, 0.1) is 18.3 Å². The van der Waals surface area contributed by atoms with E-state index in [1.54, 1.807) is 12.1 Å². The summed E-state index contributed by atoms with van der Waals surface area (Å²) in [6, 6.07) is 13.4. The molecule has 2 rings (SSSR count). The van der Waals surface area contributed by atoms with Gasteiger partial charge in [0.15, 0.2) is 0 Å². The van der Waals surface area contributed by atoms with Gasteiger partial charge in [-0.2, -0.15) is 5.26 Å². The Morgan fingerprint density at radius 2 is 1.88 bits per heavy atom. The molecule has 0 heterocycles. The van der Waals surface area contributed by atoms with Crippen molar-refractivity contribution >= 4 is 23.4 Å². The van der Waals surface area contributed by atoms with Gasteiger partial charge in [0.2, 0.25) is 5.91 Å². The van der Waals surface area contributed by atoms with Gasteiger partial charge in [-0.05, 0) is 61.4 Å². The molecular weight excluding hydrogens is 354 g/mol. The number of halogens is 1. The molecule has 0 atom stereocenters. The first kappa shape index (κ1) is 19.3. The molecule has 0 spiro atoms. The number of nitrogens with zero attached hydrogens (tertiary/aromatic N) is 1.